The number of alkyl halides is 2. The van der Waals surface area contributed by atoms with Crippen LogP contribution in [0.4, 0.5) is 20.2 Å². The first-order valence-electron chi connectivity index (χ1n) is 5.09. The molecule has 0 saturated heterocycles. The number of rotatable bonds is 4. The van der Waals surface area contributed by atoms with Gasteiger partial charge in [0.1, 0.15) is 0 Å². The maximum atomic E-state index is 12.8. The lowest BCUT2D eigenvalue weighted by atomic mass is 10.0. The number of nitro benzene ring substituents is 1. The fraction of sp³-hybridized carbons (Fsp3) is 0.333. The van der Waals surface area contributed by atoms with E-state index in [9.17, 15) is 18.9 Å². The lowest BCUT2D eigenvalue weighted by Gasteiger charge is -2.23. The van der Waals surface area contributed by atoms with E-state index in [0.717, 1.165) is 12.1 Å². The van der Waals surface area contributed by atoms with Gasteiger partial charge in [-0.25, -0.2) is 8.78 Å². The van der Waals surface area contributed by atoms with Gasteiger partial charge in [0.15, 0.2) is 0 Å². The van der Waals surface area contributed by atoms with Crippen LogP contribution in [0.25, 0.3) is 0 Å². The second-order valence-corrected chi connectivity index (χ2v) is 4.22. The molecule has 0 radical (unpaired) electrons. The number of nitrogens with zero attached hydrogens (tertiary/aromatic N) is 1. The molecular weight excluding hydrogens is 242 g/mol. The number of hydrogen-bond donors (Lipinski definition) is 1. The highest BCUT2D eigenvalue weighted by atomic mass is 19.3. The Labute approximate surface area is 103 Å². The first-order chi connectivity index (χ1) is 8.26. The van der Waals surface area contributed by atoms with Gasteiger partial charge in [0.25, 0.3) is 12.1 Å². The Morgan fingerprint density at radius 1 is 1.50 bits per heavy atom. The molecule has 0 aliphatic heterocycles. The highest BCUT2D eigenvalue weighted by Gasteiger charge is 2.21. The van der Waals surface area contributed by atoms with Crippen LogP contribution < -0.4 is 5.32 Å². The topological polar surface area (TPSA) is 55.2 Å². The van der Waals surface area contributed by atoms with Crippen molar-refractivity contribution in [3.8, 4) is 12.3 Å². The van der Waals surface area contributed by atoms with Crippen LogP contribution in [-0.4, -0.2) is 10.5 Å². The van der Waals surface area contributed by atoms with Gasteiger partial charge in [-0.15, -0.1) is 6.42 Å². The summed E-state index contributed by atoms with van der Waals surface area (Å²) in [4.78, 5) is 9.82. The predicted octanol–water partition coefficient (Wildman–Crippen LogP) is 3.36. The number of benzene rings is 1. The molecule has 0 amide bonds. The molecule has 18 heavy (non-hydrogen) atoms. The molecule has 0 bridgehead atoms. The Morgan fingerprint density at radius 3 is 2.56 bits per heavy atom. The van der Waals surface area contributed by atoms with Crippen molar-refractivity contribution < 1.29 is 13.7 Å². The fourth-order valence-electron chi connectivity index (χ4n) is 1.33. The zero-order chi connectivity index (χ0) is 13.9. The quantitative estimate of drug-likeness (QED) is 0.509. The van der Waals surface area contributed by atoms with Crippen molar-refractivity contribution in [2.24, 2.45) is 0 Å². The van der Waals surface area contributed by atoms with E-state index in [1.54, 1.807) is 13.8 Å². The molecule has 1 rings (SSSR count). The standard InChI is InChI=1S/C12H12F2N2O2/c1-4-12(2,3)15-10-6-5-8(16(17)18)7-9(10)11(13)14/h1,5-7,11,15H,2-3H3. The second-order valence-electron chi connectivity index (χ2n) is 4.22. The molecule has 1 N–H and O–H groups in total. The number of non-ortho nitro benzene ring substituents is 1. The van der Waals surface area contributed by atoms with Crippen molar-refractivity contribution in [3.63, 3.8) is 0 Å². The molecule has 0 unspecified atom stereocenters. The second kappa shape index (κ2) is 5.00. The SMILES string of the molecule is C#CC(C)(C)Nc1ccc([N+](=O)[O-])cc1C(F)F. The Morgan fingerprint density at radius 2 is 2.11 bits per heavy atom. The van der Waals surface area contributed by atoms with Gasteiger partial charge < -0.3 is 5.32 Å². The van der Waals surface area contributed by atoms with Crippen LogP contribution >= 0.6 is 0 Å². The van der Waals surface area contributed by atoms with Gasteiger partial charge in [-0.2, -0.15) is 0 Å². The zero-order valence-electron chi connectivity index (χ0n) is 9.91. The smallest absolute Gasteiger partial charge is 0.270 e. The Kier molecular flexibility index (Phi) is 3.86. The molecule has 0 aromatic heterocycles. The van der Waals surface area contributed by atoms with Crippen molar-refractivity contribution in [1.29, 1.82) is 0 Å². The molecule has 0 aliphatic rings. The Balaban J connectivity index is 3.21. The van der Waals surface area contributed by atoms with E-state index in [2.05, 4.69) is 11.2 Å². The summed E-state index contributed by atoms with van der Waals surface area (Å²) in [6, 6.07) is 3.24. The van der Waals surface area contributed by atoms with E-state index in [4.69, 9.17) is 6.42 Å². The van der Waals surface area contributed by atoms with Crippen LogP contribution in [0.2, 0.25) is 0 Å². The van der Waals surface area contributed by atoms with Crippen molar-refractivity contribution in [3.05, 3.63) is 33.9 Å². The molecule has 4 nitrogen and oxygen atoms in total. The maximum Gasteiger partial charge on any atom is 0.270 e. The van der Waals surface area contributed by atoms with E-state index in [1.165, 1.54) is 6.07 Å². The maximum absolute atomic E-state index is 12.8. The molecule has 96 valence electrons. The number of anilines is 1. The monoisotopic (exact) mass is 254 g/mol. The third-order valence-corrected chi connectivity index (χ3v) is 2.29. The van der Waals surface area contributed by atoms with Crippen LogP contribution in [0.1, 0.15) is 25.8 Å². The van der Waals surface area contributed by atoms with E-state index < -0.39 is 22.5 Å². The summed E-state index contributed by atoms with van der Waals surface area (Å²) in [5, 5.41) is 13.3. The van der Waals surface area contributed by atoms with Crippen molar-refractivity contribution >= 4 is 11.4 Å². The molecular formula is C12H12F2N2O2. The summed E-state index contributed by atoms with van der Waals surface area (Å²) in [5.41, 5.74) is -1.54. The highest BCUT2D eigenvalue weighted by Crippen LogP contribution is 2.32. The first-order valence-corrected chi connectivity index (χ1v) is 5.09. The first kappa shape index (κ1) is 13.9. The van der Waals surface area contributed by atoms with Crippen LogP contribution in [0.5, 0.6) is 0 Å². The normalized spacial score (nSPS) is 11.1. The predicted molar refractivity (Wildman–Crippen MR) is 64.6 cm³/mol. The Bertz CT molecular complexity index is 507. The van der Waals surface area contributed by atoms with Crippen LogP contribution in [-0.2, 0) is 0 Å². The van der Waals surface area contributed by atoms with E-state index in [0.29, 0.717) is 0 Å². The summed E-state index contributed by atoms with van der Waals surface area (Å²) < 4.78 is 25.7. The largest absolute Gasteiger partial charge is 0.369 e. The van der Waals surface area contributed by atoms with Gasteiger partial charge in [-0.1, -0.05) is 5.92 Å². The molecule has 6 heteroatoms. The minimum Gasteiger partial charge on any atom is -0.369 e. The third kappa shape index (κ3) is 3.17. The highest BCUT2D eigenvalue weighted by molar-refractivity contribution is 5.58. The third-order valence-electron chi connectivity index (χ3n) is 2.29. The van der Waals surface area contributed by atoms with Gasteiger partial charge >= 0.3 is 0 Å². The lowest BCUT2D eigenvalue weighted by Crippen LogP contribution is -2.29. The van der Waals surface area contributed by atoms with Gasteiger partial charge in [0.2, 0.25) is 0 Å². The lowest BCUT2D eigenvalue weighted by molar-refractivity contribution is -0.385. The minimum absolute atomic E-state index is 0.0959. The van der Waals surface area contributed by atoms with Crippen molar-refractivity contribution in [1.82, 2.24) is 0 Å². The molecule has 1 aromatic rings. The molecule has 1 aromatic carbocycles. The minimum atomic E-state index is -2.82. The Hall–Kier alpha value is -2.16. The van der Waals surface area contributed by atoms with Crippen LogP contribution in [0.15, 0.2) is 18.2 Å². The average Bonchev–Trinajstić information content (AvgIpc) is 2.28. The number of hydrogen-bond acceptors (Lipinski definition) is 3. The van der Waals surface area contributed by atoms with Gasteiger partial charge in [0.05, 0.1) is 10.5 Å². The summed E-state index contributed by atoms with van der Waals surface area (Å²) in [6.07, 6.45) is 2.43. The number of nitrogens with one attached hydrogen (secondary N) is 1. The van der Waals surface area contributed by atoms with Gasteiger partial charge in [-0.3, -0.25) is 10.1 Å². The summed E-state index contributed by atoms with van der Waals surface area (Å²) in [5.74, 6) is 2.40. The zero-order valence-corrected chi connectivity index (χ0v) is 9.91. The molecule has 0 aliphatic carbocycles. The van der Waals surface area contributed by atoms with E-state index in [-0.39, 0.29) is 11.4 Å². The molecule has 0 spiro atoms. The number of terminal acetylenes is 1. The van der Waals surface area contributed by atoms with Crippen LogP contribution in [0.3, 0.4) is 0 Å². The average molecular weight is 254 g/mol. The molecule has 0 saturated carbocycles. The van der Waals surface area contributed by atoms with Gasteiger partial charge in [0, 0.05) is 23.4 Å². The van der Waals surface area contributed by atoms with E-state index in [1.807, 2.05) is 0 Å². The molecule has 0 heterocycles. The summed E-state index contributed by atoms with van der Waals surface area (Å²) in [6.45, 7) is 3.29. The fourth-order valence-corrected chi connectivity index (χ4v) is 1.33. The number of halogens is 2. The van der Waals surface area contributed by atoms with Gasteiger partial charge in [-0.05, 0) is 19.9 Å². The van der Waals surface area contributed by atoms with E-state index >= 15 is 0 Å². The number of nitro groups is 1. The summed E-state index contributed by atoms with van der Waals surface area (Å²) >= 11 is 0. The molecule has 0 fully saturated rings. The molecule has 0 atom stereocenters. The van der Waals surface area contributed by atoms with Crippen molar-refractivity contribution in [2.75, 3.05) is 5.32 Å². The van der Waals surface area contributed by atoms with Crippen molar-refractivity contribution in [2.45, 2.75) is 25.8 Å². The van der Waals surface area contributed by atoms with Crippen LogP contribution in [0, 0.1) is 22.5 Å². The summed E-state index contributed by atoms with van der Waals surface area (Å²) in [7, 11) is 0.